The van der Waals surface area contributed by atoms with Gasteiger partial charge in [-0.3, -0.25) is 0 Å². The average molecular weight is 298 g/mol. The lowest BCUT2D eigenvalue weighted by atomic mass is 9.77. The summed E-state index contributed by atoms with van der Waals surface area (Å²) in [6, 6.07) is -0.410. The van der Waals surface area contributed by atoms with Crippen molar-refractivity contribution in [2.24, 2.45) is 5.92 Å². The molecular formula is C15H26N2O4. The SMILES string of the molecule is CC1CCC(NC(=O)NC2(C)CCOC2C)(C(=O)O)CC1. The highest BCUT2D eigenvalue weighted by Gasteiger charge is 2.44. The van der Waals surface area contributed by atoms with Crippen LogP contribution in [0.4, 0.5) is 4.79 Å². The van der Waals surface area contributed by atoms with Gasteiger partial charge < -0.3 is 20.5 Å². The lowest BCUT2D eigenvalue weighted by Gasteiger charge is -2.38. The first-order chi connectivity index (χ1) is 9.77. The van der Waals surface area contributed by atoms with Gasteiger partial charge in [0.25, 0.3) is 0 Å². The summed E-state index contributed by atoms with van der Waals surface area (Å²) in [5.74, 6) is -0.423. The molecule has 0 spiro atoms. The van der Waals surface area contributed by atoms with Crippen LogP contribution in [-0.2, 0) is 9.53 Å². The summed E-state index contributed by atoms with van der Waals surface area (Å²) in [5, 5.41) is 15.2. The first-order valence-corrected chi connectivity index (χ1v) is 7.73. The molecule has 0 bridgehead atoms. The van der Waals surface area contributed by atoms with Crippen molar-refractivity contribution >= 4 is 12.0 Å². The van der Waals surface area contributed by atoms with Gasteiger partial charge in [-0.1, -0.05) is 6.92 Å². The minimum atomic E-state index is -1.13. The van der Waals surface area contributed by atoms with E-state index in [9.17, 15) is 14.7 Å². The quantitative estimate of drug-likeness (QED) is 0.742. The summed E-state index contributed by atoms with van der Waals surface area (Å²) < 4.78 is 5.49. The highest BCUT2D eigenvalue weighted by atomic mass is 16.5. The van der Waals surface area contributed by atoms with Crippen molar-refractivity contribution in [2.45, 2.75) is 70.1 Å². The Morgan fingerprint density at radius 3 is 2.24 bits per heavy atom. The second-order valence-corrected chi connectivity index (χ2v) is 6.83. The van der Waals surface area contributed by atoms with E-state index in [0.717, 1.165) is 19.3 Å². The van der Waals surface area contributed by atoms with Crippen molar-refractivity contribution in [3.05, 3.63) is 0 Å². The second-order valence-electron chi connectivity index (χ2n) is 6.83. The minimum Gasteiger partial charge on any atom is -0.480 e. The molecule has 1 saturated heterocycles. The van der Waals surface area contributed by atoms with E-state index in [2.05, 4.69) is 17.6 Å². The molecule has 0 aromatic heterocycles. The minimum absolute atomic E-state index is 0.0737. The van der Waals surface area contributed by atoms with E-state index in [-0.39, 0.29) is 6.10 Å². The van der Waals surface area contributed by atoms with Crippen LogP contribution in [0, 0.1) is 5.92 Å². The van der Waals surface area contributed by atoms with Gasteiger partial charge in [-0.05, 0) is 51.9 Å². The number of carbonyl (C=O) groups excluding carboxylic acids is 1. The number of urea groups is 1. The number of hydrogen-bond donors (Lipinski definition) is 3. The predicted octanol–water partition coefficient (Wildman–Crippen LogP) is 1.89. The highest BCUT2D eigenvalue weighted by Crippen LogP contribution is 2.32. The van der Waals surface area contributed by atoms with Crippen LogP contribution >= 0.6 is 0 Å². The van der Waals surface area contributed by atoms with Crippen molar-refractivity contribution in [1.82, 2.24) is 10.6 Å². The highest BCUT2D eigenvalue weighted by molar-refractivity contribution is 5.86. The van der Waals surface area contributed by atoms with E-state index in [0.29, 0.717) is 25.4 Å². The Bertz CT molecular complexity index is 418. The summed E-state index contributed by atoms with van der Waals surface area (Å²) in [6.07, 6.45) is 3.28. The number of hydrogen-bond acceptors (Lipinski definition) is 3. The first kappa shape index (κ1) is 16.1. The summed E-state index contributed by atoms with van der Waals surface area (Å²) >= 11 is 0. The van der Waals surface area contributed by atoms with Crippen molar-refractivity contribution in [1.29, 1.82) is 0 Å². The zero-order chi connectivity index (χ0) is 15.7. The number of carboxylic acid groups (broad SMARTS) is 1. The number of rotatable bonds is 3. The summed E-state index contributed by atoms with van der Waals surface area (Å²) in [4.78, 5) is 23.9. The molecule has 6 heteroatoms. The molecule has 0 radical (unpaired) electrons. The van der Waals surface area contributed by atoms with Gasteiger partial charge in [0.15, 0.2) is 0 Å². The van der Waals surface area contributed by atoms with E-state index in [1.54, 1.807) is 0 Å². The molecule has 2 aliphatic rings. The maximum atomic E-state index is 12.3. The van der Waals surface area contributed by atoms with Crippen LogP contribution in [0.25, 0.3) is 0 Å². The number of carboxylic acids is 1. The normalized spacial score (nSPS) is 39.8. The van der Waals surface area contributed by atoms with E-state index in [1.807, 2.05) is 13.8 Å². The number of amides is 2. The number of ether oxygens (including phenoxy) is 1. The maximum Gasteiger partial charge on any atom is 0.329 e. The molecule has 0 aromatic carbocycles. The fourth-order valence-corrected chi connectivity index (χ4v) is 3.15. The molecule has 1 aliphatic carbocycles. The topological polar surface area (TPSA) is 87.7 Å². The molecule has 1 aliphatic heterocycles. The van der Waals surface area contributed by atoms with Crippen LogP contribution in [0.3, 0.4) is 0 Å². The van der Waals surface area contributed by atoms with Crippen molar-refractivity contribution in [3.63, 3.8) is 0 Å². The summed E-state index contributed by atoms with van der Waals surface area (Å²) in [5.41, 5.74) is -1.57. The number of carbonyl (C=O) groups is 2. The Morgan fingerprint density at radius 1 is 1.14 bits per heavy atom. The molecule has 0 aromatic rings. The van der Waals surface area contributed by atoms with Gasteiger partial charge in [0.2, 0.25) is 0 Å². The van der Waals surface area contributed by atoms with Crippen molar-refractivity contribution < 1.29 is 19.4 Å². The van der Waals surface area contributed by atoms with Crippen LogP contribution in [-0.4, -0.2) is 40.9 Å². The Morgan fingerprint density at radius 2 is 1.76 bits per heavy atom. The third-order valence-electron chi connectivity index (χ3n) is 5.18. The largest absolute Gasteiger partial charge is 0.480 e. The van der Waals surface area contributed by atoms with Gasteiger partial charge >= 0.3 is 12.0 Å². The Labute approximate surface area is 125 Å². The van der Waals surface area contributed by atoms with Crippen LogP contribution in [0.2, 0.25) is 0 Å². The standard InChI is InChI=1S/C15H26N2O4/c1-10-4-6-15(7-5-10,12(18)19)17-13(20)16-14(3)8-9-21-11(14)2/h10-11H,4-9H2,1-3H3,(H,18,19)(H2,16,17,20). The molecule has 2 rings (SSSR count). The van der Waals surface area contributed by atoms with Crippen LogP contribution in [0.1, 0.15) is 52.9 Å². The molecule has 1 saturated carbocycles. The molecule has 21 heavy (non-hydrogen) atoms. The Balaban J connectivity index is 2.01. The third-order valence-corrected chi connectivity index (χ3v) is 5.18. The Hall–Kier alpha value is -1.30. The van der Waals surface area contributed by atoms with Gasteiger partial charge in [-0.2, -0.15) is 0 Å². The van der Waals surface area contributed by atoms with Crippen LogP contribution in [0.5, 0.6) is 0 Å². The van der Waals surface area contributed by atoms with Crippen LogP contribution in [0.15, 0.2) is 0 Å². The Kier molecular flexibility index (Phi) is 4.46. The lowest BCUT2D eigenvalue weighted by molar-refractivity contribution is -0.146. The average Bonchev–Trinajstić information content (AvgIpc) is 2.72. The van der Waals surface area contributed by atoms with E-state index < -0.39 is 23.1 Å². The fraction of sp³-hybridized carbons (Fsp3) is 0.867. The molecule has 3 N–H and O–H groups in total. The number of nitrogens with one attached hydrogen (secondary N) is 2. The van der Waals surface area contributed by atoms with Gasteiger partial charge in [0.1, 0.15) is 5.54 Å². The summed E-state index contributed by atoms with van der Waals surface area (Å²) in [6.45, 7) is 6.58. The molecule has 120 valence electrons. The van der Waals surface area contributed by atoms with Gasteiger partial charge in [-0.15, -0.1) is 0 Å². The van der Waals surface area contributed by atoms with Crippen LogP contribution < -0.4 is 10.6 Å². The summed E-state index contributed by atoms with van der Waals surface area (Å²) in [7, 11) is 0. The molecule has 2 amide bonds. The van der Waals surface area contributed by atoms with E-state index in [4.69, 9.17) is 4.74 Å². The van der Waals surface area contributed by atoms with Gasteiger partial charge in [0, 0.05) is 6.61 Å². The van der Waals surface area contributed by atoms with E-state index >= 15 is 0 Å². The molecular weight excluding hydrogens is 272 g/mol. The third kappa shape index (κ3) is 3.31. The molecule has 2 fully saturated rings. The smallest absolute Gasteiger partial charge is 0.329 e. The monoisotopic (exact) mass is 298 g/mol. The molecule has 6 nitrogen and oxygen atoms in total. The zero-order valence-electron chi connectivity index (χ0n) is 13.1. The molecule has 2 atom stereocenters. The van der Waals surface area contributed by atoms with Gasteiger partial charge in [-0.25, -0.2) is 9.59 Å². The second kappa shape index (κ2) is 5.83. The predicted molar refractivity (Wildman–Crippen MR) is 78.1 cm³/mol. The zero-order valence-corrected chi connectivity index (χ0v) is 13.1. The van der Waals surface area contributed by atoms with Gasteiger partial charge in [0.05, 0.1) is 11.6 Å². The number of aliphatic carboxylic acids is 1. The van der Waals surface area contributed by atoms with E-state index in [1.165, 1.54) is 0 Å². The van der Waals surface area contributed by atoms with Crippen molar-refractivity contribution in [3.8, 4) is 0 Å². The fourth-order valence-electron chi connectivity index (χ4n) is 3.15. The molecule has 2 unspecified atom stereocenters. The first-order valence-electron chi connectivity index (χ1n) is 7.73. The molecule has 1 heterocycles. The maximum absolute atomic E-state index is 12.3. The lowest BCUT2D eigenvalue weighted by Crippen LogP contribution is -2.62. The van der Waals surface area contributed by atoms with Crippen molar-refractivity contribution in [2.75, 3.05) is 6.61 Å².